The van der Waals surface area contributed by atoms with Crippen molar-refractivity contribution in [1.29, 1.82) is 0 Å². The molecular weight excluding hydrogens is 348 g/mol. The van der Waals surface area contributed by atoms with Crippen LogP contribution in [0.15, 0.2) is 28.9 Å². The van der Waals surface area contributed by atoms with Crippen molar-refractivity contribution in [2.45, 2.75) is 0 Å². The van der Waals surface area contributed by atoms with Crippen LogP contribution < -0.4 is 5.32 Å². The molecule has 0 radical (unpaired) electrons. The molecule has 0 saturated carbocycles. The molecule has 17 heavy (non-hydrogen) atoms. The molecule has 0 aliphatic heterocycles. The smallest absolute Gasteiger partial charge is 0.224 e. The van der Waals surface area contributed by atoms with Gasteiger partial charge >= 0.3 is 0 Å². The number of rotatable bonds is 2. The average Bonchev–Trinajstić information content (AvgIpc) is 2.27. The highest BCUT2D eigenvalue weighted by atomic mass is 79.9. The van der Waals surface area contributed by atoms with E-state index in [0.29, 0.717) is 26.0 Å². The average molecular weight is 353 g/mol. The third-order valence-corrected chi connectivity index (χ3v) is 3.21. The number of hydrogen-bond donors (Lipinski definition) is 1. The summed E-state index contributed by atoms with van der Waals surface area (Å²) in [7, 11) is 0. The molecule has 7 heteroatoms. The molecule has 0 spiro atoms. The summed E-state index contributed by atoms with van der Waals surface area (Å²) < 4.78 is 0.688. The van der Waals surface area contributed by atoms with Crippen molar-refractivity contribution in [2.75, 3.05) is 5.32 Å². The molecule has 3 nitrogen and oxygen atoms in total. The van der Waals surface area contributed by atoms with Gasteiger partial charge in [-0.25, -0.2) is 4.98 Å². The van der Waals surface area contributed by atoms with Crippen LogP contribution in [0, 0.1) is 0 Å². The third-order valence-electron chi connectivity index (χ3n) is 1.90. The monoisotopic (exact) mass is 351 g/mol. The number of halogens is 4. The number of anilines is 2. The maximum absolute atomic E-state index is 6.03. The Labute approximate surface area is 121 Å². The molecule has 0 unspecified atom stereocenters. The van der Waals surface area contributed by atoms with Crippen LogP contribution in [0.4, 0.5) is 11.5 Å². The molecule has 2 aromatic rings. The van der Waals surface area contributed by atoms with Crippen LogP contribution in [0.3, 0.4) is 0 Å². The van der Waals surface area contributed by atoms with Gasteiger partial charge in [0.1, 0.15) is 5.82 Å². The van der Waals surface area contributed by atoms with E-state index in [-0.39, 0.29) is 5.28 Å². The van der Waals surface area contributed by atoms with Crippen molar-refractivity contribution in [1.82, 2.24) is 9.97 Å². The first-order chi connectivity index (χ1) is 8.06. The van der Waals surface area contributed by atoms with Gasteiger partial charge in [-0.15, -0.1) is 0 Å². The van der Waals surface area contributed by atoms with E-state index in [1.807, 2.05) is 0 Å². The lowest BCUT2D eigenvalue weighted by atomic mass is 10.3. The van der Waals surface area contributed by atoms with Gasteiger partial charge in [0, 0.05) is 11.2 Å². The zero-order valence-electron chi connectivity index (χ0n) is 8.22. The van der Waals surface area contributed by atoms with Crippen LogP contribution in [0.1, 0.15) is 0 Å². The Hall–Kier alpha value is -0.550. The van der Waals surface area contributed by atoms with Crippen molar-refractivity contribution in [3.63, 3.8) is 0 Å². The van der Waals surface area contributed by atoms with Crippen molar-refractivity contribution < 1.29 is 0 Å². The Balaban J connectivity index is 2.34. The first kappa shape index (κ1) is 12.9. The predicted octanol–water partition coefficient (Wildman–Crippen LogP) is 4.94. The molecule has 1 aromatic carbocycles. The summed E-state index contributed by atoms with van der Waals surface area (Å²) in [5.41, 5.74) is 0.687. The first-order valence-electron chi connectivity index (χ1n) is 4.46. The maximum atomic E-state index is 6.03. The van der Waals surface area contributed by atoms with Crippen molar-refractivity contribution in [3.05, 3.63) is 44.2 Å². The van der Waals surface area contributed by atoms with E-state index in [0.717, 1.165) is 0 Å². The van der Waals surface area contributed by atoms with Gasteiger partial charge < -0.3 is 5.32 Å². The summed E-state index contributed by atoms with van der Waals surface area (Å²) in [5.74, 6) is 0.536. The summed E-state index contributed by atoms with van der Waals surface area (Å²) in [5, 5.41) is 4.26. The van der Waals surface area contributed by atoms with Gasteiger partial charge in [-0.05, 0) is 45.7 Å². The fourth-order valence-corrected chi connectivity index (χ4v) is 2.03. The fourth-order valence-electron chi connectivity index (χ4n) is 1.15. The summed E-state index contributed by atoms with van der Waals surface area (Å²) in [6, 6.07) is 5.13. The van der Waals surface area contributed by atoms with Crippen molar-refractivity contribution in [3.8, 4) is 0 Å². The Morgan fingerprint density at radius 3 is 2.65 bits per heavy atom. The number of benzene rings is 1. The lowest BCUT2D eigenvalue weighted by Crippen LogP contribution is -1.97. The molecule has 0 amide bonds. The van der Waals surface area contributed by atoms with Crippen LogP contribution in [0.5, 0.6) is 0 Å². The van der Waals surface area contributed by atoms with E-state index in [2.05, 4.69) is 31.2 Å². The second kappa shape index (κ2) is 5.40. The molecule has 0 saturated heterocycles. The third kappa shape index (κ3) is 3.22. The first-order valence-corrected chi connectivity index (χ1v) is 6.39. The fraction of sp³-hybridized carbons (Fsp3) is 0. The minimum atomic E-state index is 0.154. The molecule has 88 valence electrons. The number of hydrogen-bond acceptors (Lipinski definition) is 3. The van der Waals surface area contributed by atoms with E-state index < -0.39 is 0 Å². The summed E-state index contributed by atoms with van der Waals surface area (Å²) in [6.07, 6.45) is 1.56. The normalized spacial score (nSPS) is 10.4. The highest BCUT2D eigenvalue weighted by molar-refractivity contribution is 9.10. The van der Waals surface area contributed by atoms with Crippen molar-refractivity contribution >= 4 is 62.2 Å². The minimum Gasteiger partial charge on any atom is -0.338 e. The van der Waals surface area contributed by atoms with Gasteiger partial charge in [0.2, 0.25) is 5.28 Å². The zero-order chi connectivity index (χ0) is 12.4. The van der Waals surface area contributed by atoms with Gasteiger partial charge in [-0.3, -0.25) is 0 Å². The second-order valence-corrected chi connectivity index (χ2v) is 5.12. The molecule has 1 N–H and O–H groups in total. The minimum absolute atomic E-state index is 0.154. The van der Waals surface area contributed by atoms with Crippen LogP contribution in [-0.4, -0.2) is 9.97 Å². The van der Waals surface area contributed by atoms with Gasteiger partial charge in [0.15, 0.2) is 0 Å². The number of nitrogens with zero attached hydrogens (tertiary/aromatic N) is 2. The molecule has 0 aliphatic rings. The molecule has 0 atom stereocenters. The van der Waals surface area contributed by atoms with Crippen LogP contribution in [0.2, 0.25) is 15.3 Å². The molecule has 1 aromatic heterocycles. The molecule has 0 fully saturated rings. The lowest BCUT2D eigenvalue weighted by molar-refractivity contribution is 1.15. The van der Waals surface area contributed by atoms with E-state index >= 15 is 0 Å². The molecule has 2 rings (SSSR count). The quantitative estimate of drug-likeness (QED) is 0.777. The van der Waals surface area contributed by atoms with Gasteiger partial charge in [0.05, 0.1) is 15.2 Å². The Morgan fingerprint density at radius 2 is 1.94 bits per heavy atom. The van der Waals surface area contributed by atoms with E-state index in [1.165, 1.54) is 0 Å². The van der Waals surface area contributed by atoms with E-state index in [9.17, 15) is 0 Å². The molecule has 1 heterocycles. The molecule has 0 bridgehead atoms. The molecule has 0 aliphatic carbocycles. The van der Waals surface area contributed by atoms with E-state index in [4.69, 9.17) is 34.8 Å². The topological polar surface area (TPSA) is 37.8 Å². The van der Waals surface area contributed by atoms with Crippen LogP contribution in [0.25, 0.3) is 0 Å². The Bertz CT molecular complexity index is 562. The Morgan fingerprint density at radius 1 is 1.18 bits per heavy atom. The largest absolute Gasteiger partial charge is 0.338 e. The van der Waals surface area contributed by atoms with Gasteiger partial charge in [0.25, 0.3) is 0 Å². The maximum Gasteiger partial charge on any atom is 0.224 e. The Kier molecular flexibility index (Phi) is 4.09. The number of nitrogens with one attached hydrogen (secondary N) is 1. The second-order valence-electron chi connectivity index (χ2n) is 3.08. The van der Waals surface area contributed by atoms with Gasteiger partial charge in [-0.2, -0.15) is 4.98 Å². The SMILES string of the molecule is Clc1ccc(Nc2nc(Cl)ncc2Br)c(Cl)c1. The predicted molar refractivity (Wildman–Crippen MR) is 74.5 cm³/mol. The standard InChI is InChI=1S/C10H5BrCl3N3/c11-6-4-15-10(14)17-9(6)16-8-2-1-5(12)3-7(8)13/h1-4H,(H,15,16,17). The number of aromatic nitrogens is 2. The van der Waals surface area contributed by atoms with E-state index in [1.54, 1.807) is 24.4 Å². The van der Waals surface area contributed by atoms with Gasteiger partial charge in [-0.1, -0.05) is 23.2 Å². The highest BCUT2D eigenvalue weighted by Gasteiger charge is 2.07. The summed E-state index contributed by atoms with van der Waals surface area (Å²) in [6.45, 7) is 0. The summed E-state index contributed by atoms with van der Waals surface area (Å²) in [4.78, 5) is 7.87. The van der Waals surface area contributed by atoms with Crippen molar-refractivity contribution in [2.24, 2.45) is 0 Å². The van der Waals surface area contributed by atoms with Crippen LogP contribution >= 0.6 is 50.7 Å². The zero-order valence-corrected chi connectivity index (χ0v) is 12.1. The lowest BCUT2D eigenvalue weighted by Gasteiger charge is -2.09. The molecular formula is C10H5BrCl3N3. The highest BCUT2D eigenvalue weighted by Crippen LogP contribution is 2.30. The summed E-state index contributed by atoms with van der Waals surface area (Å²) >= 11 is 20.9. The van der Waals surface area contributed by atoms with Crippen LogP contribution in [-0.2, 0) is 0 Å².